The molecule has 55 heavy (non-hydrogen) atoms. The van der Waals surface area contributed by atoms with Gasteiger partial charge >= 0.3 is 6.18 Å². The molecule has 5 aromatic rings. The molecule has 5 rings (SSSR count). The molecule has 1 N–H and O–H groups in total. The van der Waals surface area contributed by atoms with E-state index in [1.165, 1.54) is 30.3 Å². The Morgan fingerprint density at radius 2 is 1.55 bits per heavy atom. The van der Waals surface area contributed by atoms with Crippen molar-refractivity contribution >= 4 is 27.5 Å². The molecule has 299 valence electrons. The van der Waals surface area contributed by atoms with Crippen molar-refractivity contribution in [1.29, 1.82) is 0 Å². The van der Waals surface area contributed by atoms with E-state index in [0.717, 1.165) is 42.0 Å². The average molecular weight is 938 g/mol. The van der Waals surface area contributed by atoms with Crippen LogP contribution in [0, 0.1) is 30.2 Å². The standard InChI is InChI=1S/C34H33F3NO.C13H24O2.Ir/c1-20-24-13-12-21(18-32(2,3)4)14-30(24)39-31(20)26-17-29(38-19-28(26)34(35,36)37)23-15-22-10-8-9-11-25(22)27(16-23)33(5,6)7;1-5-10(6-2)12(14)9-13(15)11(7-3)8-4;/h8-14,16-17,19H,18H2,1-7H3;9-11,14H,5-8H2,1-4H3;/q-1;;/b;12-9-;/i1D3,18D2;;. The number of nitrogens with zero attached hydrogens (tertiary/aromatic N) is 1. The van der Waals surface area contributed by atoms with E-state index in [1.54, 1.807) is 20.8 Å². The molecule has 0 bridgehead atoms. The Kier molecular flexibility index (Phi) is 12.8. The third-order valence-corrected chi connectivity index (χ3v) is 9.60. The largest absolute Gasteiger partial charge is 0.512 e. The quantitative estimate of drug-likeness (QED) is 0.0861. The van der Waals surface area contributed by atoms with E-state index in [-0.39, 0.29) is 76.7 Å². The summed E-state index contributed by atoms with van der Waals surface area (Å²) in [5, 5.41) is 11.6. The van der Waals surface area contributed by atoms with Crippen molar-refractivity contribution in [1.82, 2.24) is 4.98 Å². The predicted molar refractivity (Wildman–Crippen MR) is 217 cm³/mol. The molecule has 0 aliphatic heterocycles. The van der Waals surface area contributed by atoms with E-state index < -0.39 is 41.7 Å². The van der Waals surface area contributed by atoms with Crippen LogP contribution in [0.3, 0.4) is 0 Å². The van der Waals surface area contributed by atoms with Gasteiger partial charge in [-0.15, -0.1) is 29.1 Å². The van der Waals surface area contributed by atoms with Gasteiger partial charge in [0.2, 0.25) is 0 Å². The Morgan fingerprint density at radius 3 is 2.11 bits per heavy atom. The minimum absolute atomic E-state index is 0. The Morgan fingerprint density at radius 1 is 0.909 bits per heavy atom. The molecule has 0 saturated heterocycles. The number of carbonyl (C=O) groups is 1. The van der Waals surface area contributed by atoms with E-state index >= 15 is 0 Å². The van der Waals surface area contributed by atoms with E-state index in [4.69, 9.17) is 11.3 Å². The molecular weight excluding hydrogens is 876 g/mol. The van der Waals surface area contributed by atoms with Crippen LogP contribution < -0.4 is 0 Å². The number of rotatable bonds is 10. The number of hydrogen-bond donors (Lipinski definition) is 1. The van der Waals surface area contributed by atoms with Gasteiger partial charge in [0.05, 0.1) is 11.3 Å². The number of aromatic nitrogens is 1. The number of alkyl halides is 3. The molecule has 4 nitrogen and oxygen atoms in total. The summed E-state index contributed by atoms with van der Waals surface area (Å²) in [5.41, 5.74) is -1.33. The molecule has 0 aliphatic carbocycles. The maximum Gasteiger partial charge on any atom is 0.418 e. The van der Waals surface area contributed by atoms with Gasteiger partial charge in [-0.2, -0.15) is 13.2 Å². The summed E-state index contributed by atoms with van der Waals surface area (Å²) in [6, 6.07) is 18.2. The maximum atomic E-state index is 14.5. The van der Waals surface area contributed by atoms with Crippen LogP contribution in [0.25, 0.3) is 44.3 Å². The summed E-state index contributed by atoms with van der Waals surface area (Å²) in [7, 11) is 0. The van der Waals surface area contributed by atoms with Crippen LogP contribution in [0.1, 0.15) is 124 Å². The van der Waals surface area contributed by atoms with Crippen molar-refractivity contribution in [3.8, 4) is 22.6 Å². The molecule has 0 amide bonds. The minimum Gasteiger partial charge on any atom is -0.512 e. The summed E-state index contributed by atoms with van der Waals surface area (Å²) in [4.78, 5) is 15.9. The molecule has 0 unspecified atom stereocenters. The first kappa shape index (κ1) is 38.1. The number of allylic oxidation sites excluding steroid dienone is 2. The van der Waals surface area contributed by atoms with Gasteiger partial charge < -0.3 is 9.52 Å². The molecule has 2 heterocycles. The van der Waals surface area contributed by atoms with Crippen molar-refractivity contribution < 1.29 is 54.4 Å². The van der Waals surface area contributed by atoms with Gasteiger partial charge in [0.1, 0.15) is 11.3 Å². The summed E-state index contributed by atoms with van der Waals surface area (Å²) in [6.07, 6.45) is -1.11. The van der Waals surface area contributed by atoms with Crippen LogP contribution in [0.5, 0.6) is 0 Å². The van der Waals surface area contributed by atoms with Gasteiger partial charge in [0.25, 0.3) is 0 Å². The maximum absolute atomic E-state index is 14.5. The van der Waals surface area contributed by atoms with Gasteiger partial charge in [-0.3, -0.25) is 9.78 Å². The van der Waals surface area contributed by atoms with Crippen LogP contribution in [0.15, 0.2) is 77.0 Å². The topological polar surface area (TPSA) is 63.3 Å². The number of benzene rings is 3. The Bertz CT molecular complexity index is 2310. The second-order valence-corrected chi connectivity index (χ2v) is 15.9. The Balaban J connectivity index is 0.000000513. The first-order valence-electron chi connectivity index (χ1n) is 21.3. The van der Waals surface area contributed by atoms with Gasteiger partial charge in [-0.1, -0.05) is 117 Å². The molecule has 0 fully saturated rings. The smallest absolute Gasteiger partial charge is 0.418 e. The Labute approximate surface area is 346 Å². The Hall–Kier alpha value is -3.74. The number of hydrogen-bond acceptors (Lipinski definition) is 4. The zero-order valence-corrected chi connectivity index (χ0v) is 35.9. The summed E-state index contributed by atoms with van der Waals surface area (Å²) < 4.78 is 91.4. The fraction of sp³-hybridized carbons (Fsp3) is 0.447. The molecule has 0 spiro atoms. The van der Waals surface area contributed by atoms with Crippen LogP contribution in [0.2, 0.25) is 0 Å². The van der Waals surface area contributed by atoms with E-state index in [0.29, 0.717) is 11.8 Å². The summed E-state index contributed by atoms with van der Waals surface area (Å²) in [5.74, 6) is 0.0902. The number of aliphatic hydroxyl groups is 1. The van der Waals surface area contributed by atoms with Crippen molar-refractivity contribution in [2.24, 2.45) is 17.3 Å². The first-order chi connectivity index (χ1) is 27.2. The van der Waals surface area contributed by atoms with Crippen molar-refractivity contribution in [3.63, 3.8) is 0 Å². The zero-order chi connectivity index (χ0) is 44.5. The molecular formula is C47H57F3IrNO3-. The molecule has 1 radical (unpaired) electrons. The molecule has 8 heteroatoms. The fourth-order valence-electron chi connectivity index (χ4n) is 6.58. The van der Waals surface area contributed by atoms with E-state index in [2.05, 4.69) is 11.1 Å². The number of furan rings is 1. The molecule has 0 saturated carbocycles. The normalized spacial score (nSPS) is 14.5. The third kappa shape index (κ3) is 11.2. The molecule has 0 aliphatic rings. The van der Waals surface area contributed by atoms with Crippen molar-refractivity contribution in [2.45, 2.75) is 120 Å². The number of ketones is 1. The van der Waals surface area contributed by atoms with Crippen LogP contribution in [0.4, 0.5) is 13.2 Å². The molecule has 3 aromatic carbocycles. The number of aliphatic hydroxyl groups excluding tert-OH is 1. The fourth-order valence-corrected chi connectivity index (χ4v) is 6.58. The second-order valence-electron chi connectivity index (χ2n) is 15.9. The number of pyridine rings is 1. The summed E-state index contributed by atoms with van der Waals surface area (Å²) in [6.45, 7) is 16.5. The van der Waals surface area contributed by atoms with Gasteiger partial charge in [-0.25, -0.2) is 0 Å². The van der Waals surface area contributed by atoms with Crippen LogP contribution in [-0.2, 0) is 42.9 Å². The van der Waals surface area contributed by atoms with Gasteiger partial charge in [0.15, 0.2) is 5.78 Å². The van der Waals surface area contributed by atoms with Gasteiger partial charge in [-0.05, 0) is 61.4 Å². The zero-order valence-electron chi connectivity index (χ0n) is 38.5. The van der Waals surface area contributed by atoms with E-state index in [9.17, 15) is 23.1 Å². The van der Waals surface area contributed by atoms with Crippen molar-refractivity contribution in [3.05, 3.63) is 101 Å². The first-order valence-corrected chi connectivity index (χ1v) is 18.8. The average Bonchev–Trinajstić information content (AvgIpc) is 3.54. The van der Waals surface area contributed by atoms with Crippen molar-refractivity contribution in [2.75, 3.05) is 0 Å². The minimum atomic E-state index is -4.87. The third-order valence-electron chi connectivity index (χ3n) is 9.60. The summed E-state index contributed by atoms with van der Waals surface area (Å²) >= 11 is 0. The number of carbonyl (C=O) groups excluding carboxylic acids is 1. The number of aryl methyl sites for hydroxylation is 1. The van der Waals surface area contributed by atoms with Gasteiger partial charge in [0, 0.05) is 73.3 Å². The predicted octanol–water partition coefficient (Wildman–Crippen LogP) is 14.2. The molecule has 2 aromatic heterocycles. The SMILES string of the molecule is CCC(CC)C(=O)/C=C(\O)C(CC)CC.[2H]C([2H])([2H])c1c(-c2cc(-c3[c-]c4ccccc4c(C(C)(C)C)c3)ncc2C(F)(F)F)oc2cc(C([2H])([2H])C(C)(C)C)ccc12.[Ir]. The van der Waals surface area contributed by atoms with Crippen LogP contribution >= 0.6 is 0 Å². The number of halogens is 3. The number of fused-ring (bicyclic) bond motifs is 2. The second kappa shape index (κ2) is 18.5. The molecule has 0 atom stereocenters. The van der Waals surface area contributed by atoms with E-state index in [1.807, 2.05) is 78.8 Å². The van der Waals surface area contributed by atoms with Crippen LogP contribution in [-0.4, -0.2) is 15.9 Å². The monoisotopic (exact) mass is 938 g/mol.